The standard InChI is InChI=1S/C13H17BrN2/c1-10(2)9-16(3)13-5-4-11(7-14)6-12(13)8-15/h4-6,10H,7,9H2,1-3H3. The van der Waals surface area contributed by atoms with E-state index in [0.717, 1.165) is 28.7 Å². The number of benzene rings is 1. The molecule has 0 aliphatic heterocycles. The predicted octanol–water partition coefficient (Wildman–Crippen LogP) is 3.55. The normalized spacial score (nSPS) is 10.2. The van der Waals surface area contributed by atoms with E-state index in [-0.39, 0.29) is 0 Å². The van der Waals surface area contributed by atoms with Crippen LogP contribution in [0.4, 0.5) is 5.69 Å². The molecule has 0 spiro atoms. The van der Waals surface area contributed by atoms with E-state index in [2.05, 4.69) is 46.8 Å². The Labute approximate surface area is 106 Å². The largest absolute Gasteiger partial charge is 0.373 e. The minimum Gasteiger partial charge on any atom is -0.373 e. The first-order valence-corrected chi connectivity index (χ1v) is 6.50. The second kappa shape index (κ2) is 5.91. The van der Waals surface area contributed by atoms with Gasteiger partial charge in [0.1, 0.15) is 6.07 Å². The summed E-state index contributed by atoms with van der Waals surface area (Å²) in [5.41, 5.74) is 2.90. The molecule has 1 rings (SSSR count). The number of hydrogen-bond acceptors (Lipinski definition) is 2. The molecule has 0 fully saturated rings. The molecule has 16 heavy (non-hydrogen) atoms. The van der Waals surface area contributed by atoms with Gasteiger partial charge in [-0.1, -0.05) is 35.8 Å². The second-order valence-corrected chi connectivity index (χ2v) is 4.93. The highest BCUT2D eigenvalue weighted by Gasteiger charge is 2.09. The van der Waals surface area contributed by atoms with E-state index in [1.165, 1.54) is 0 Å². The van der Waals surface area contributed by atoms with Crippen molar-refractivity contribution < 1.29 is 0 Å². The maximum absolute atomic E-state index is 9.13. The van der Waals surface area contributed by atoms with E-state index >= 15 is 0 Å². The van der Waals surface area contributed by atoms with Crippen molar-refractivity contribution in [2.24, 2.45) is 5.92 Å². The van der Waals surface area contributed by atoms with Gasteiger partial charge >= 0.3 is 0 Å². The van der Waals surface area contributed by atoms with E-state index in [9.17, 15) is 0 Å². The van der Waals surface area contributed by atoms with Crippen LogP contribution in [0.2, 0.25) is 0 Å². The lowest BCUT2D eigenvalue weighted by Crippen LogP contribution is -2.23. The number of anilines is 1. The molecule has 0 heterocycles. The Morgan fingerprint density at radius 1 is 1.44 bits per heavy atom. The Bertz CT molecular complexity index is 393. The fourth-order valence-electron chi connectivity index (χ4n) is 1.73. The molecule has 0 aliphatic carbocycles. The molecule has 3 heteroatoms. The van der Waals surface area contributed by atoms with Crippen LogP contribution in [-0.4, -0.2) is 13.6 Å². The zero-order chi connectivity index (χ0) is 12.1. The lowest BCUT2D eigenvalue weighted by atomic mass is 10.1. The summed E-state index contributed by atoms with van der Waals surface area (Å²) in [7, 11) is 2.03. The summed E-state index contributed by atoms with van der Waals surface area (Å²) in [4.78, 5) is 2.14. The van der Waals surface area contributed by atoms with Gasteiger partial charge in [0, 0.05) is 18.9 Å². The van der Waals surface area contributed by atoms with E-state index in [4.69, 9.17) is 5.26 Å². The maximum Gasteiger partial charge on any atom is 0.101 e. The molecule has 0 N–H and O–H groups in total. The lowest BCUT2D eigenvalue weighted by molar-refractivity contribution is 0.638. The first-order chi connectivity index (χ1) is 7.58. The number of nitriles is 1. The molecule has 86 valence electrons. The topological polar surface area (TPSA) is 27.0 Å². The Morgan fingerprint density at radius 3 is 2.62 bits per heavy atom. The molecule has 0 amide bonds. The molecular weight excluding hydrogens is 264 g/mol. The van der Waals surface area contributed by atoms with Crippen molar-refractivity contribution >= 4 is 21.6 Å². The number of rotatable bonds is 4. The average Bonchev–Trinajstić information content (AvgIpc) is 2.27. The molecule has 0 radical (unpaired) electrons. The van der Waals surface area contributed by atoms with Gasteiger partial charge in [0.2, 0.25) is 0 Å². The maximum atomic E-state index is 9.13. The highest BCUT2D eigenvalue weighted by Crippen LogP contribution is 2.22. The number of nitrogens with zero attached hydrogens (tertiary/aromatic N) is 2. The zero-order valence-electron chi connectivity index (χ0n) is 10.00. The Morgan fingerprint density at radius 2 is 2.12 bits per heavy atom. The van der Waals surface area contributed by atoms with Gasteiger partial charge in [-0.2, -0.15) is 5.26 Å². The van der Waals surface area contributed by atoms with Gasteiger partial charge in [0.25, 0.3) is 0 Å². The van der Waals surface area contributed by atoms with Crippen LogP contribution in [0.1, 0.15) is 25.0 Å². The summed E-state index contributed by atoms with van der Waals surface area (Å²) in [5.74, 6) is 0.590. The smallest absolute Gasteiger partial charge is 0.101 e. The quantitative estimate of drug-likeness (QED) is 0.789. The van der Waals surface area contributed by atoms with Crippen molar-refractivity contribution in [3.05, 3.63) is 29.3 Å². The molecule has 1 aromatic rings. The van der Waals surface area contributed by atoms with E-state index in [1.54, 1.807) is 0 Å². The van der Waals surface area contributed by atoms with Crippen molar-refractivity contribution in [1.82, 2.24) is 0 Å². The first-order valence-electron chi connectivity index (χ1n) is 5.38. The monoisotopic (exact) mass is 280 g/mol. The van der Waals surface area contributed by atoms with Crippen LogP contribution in [0.25, 0.3) is 0 Å². The summed E-state index contributed by atoms with van der Waals surface area (Å²) in [6, 6.07) is 8.29. The SMILES string of the molecule is CC(C)CN(C)c1ccc(CBr)cc1C#N. The van der Waals surface area contributed by atoms with E-state index in [1.807, 2.05) is 19.2 Å². The van der Waals surface area contributed by atoms with Crippen molar-refractivity contribution in [2.45, 2.75) is 19.2 Å². The van der Waals surface area contributed by atoms with Gasteiger partial charge in [-0.25, -0.2) is 0 Å². The lowest BCUT2D eigenvalue weighted by Gasteiger charge is -2.22. The summed E-state index contributed by atoms with van der Waals surface area (Å²) in [6.07, 6.45) is 0. The van der Waals surface area contributed by atoms with Gasteiger partial charge in [-0.15, -0.1) is 0 Å². The second-order valence-electron chi connectivity index (χ2n) is 4.37. The minimum absolute atomic E-state index is 0.590. The number of alkyl halides is 1. The van der Waals surface area contributed by atoms with Crippen molar-refractivity contribution in [3.8, 4) is 6.07 Å². The van der Waals surface area contributed by atoms with Crippen molar-refractivity contribution in [2.75, 3.05) is 18.5 Å². The Hall–Kier alpha value is -1.01. The van der Waals surface area contributed by atoms with Crippen LogP contribution in [0.3, 0.4) is 0 Å². The van der Waals surface area contributed by atoms with Gasteiger partial charge in [-0.05, 0) is 23.6 Å². The fraction of sp³-hybridized carbons (Fsp3) is 0.462. The molecule has 2 nitrogen and oxygen atoms in total. The zero-order valence-corrected chi connectivity index (χ0v) is 11.6. The molecule has 0 saturated heterocycles. The van der Waals surface area contributed by atoms with Crippen molar-refractivity contribution in [3.63, 3.8) is 0 Å². The number of halogens is 1. The van der Waals surface area contributed by atoms with Crippen LogP contribution < -0.4 is 4.90 Å². The van der Waals surface area contributed by atoms with Gasteiger partial charge in [0.05, 0.1) is 11.3 Å². The summed E-state index contributed by atoms with van der Waals surface area (Å²) in [5, 5.41) is 9.92. The molecule has 0 unspecified atom stereocenters. The summed E-state index contributed by atoms with van der Waals surface area (Å²) < 4.78 is 0. The molecule has 0 aromatic heterocycles. The summed E-state index contributed by atoms with van der Waals surface area (Å²) in [6.45, 7) is 5.31. The minimum atomic E-state index is 0.590. The highest BCUT2D eigenvalue weighted by atomic mass is 79.9. The summed E-state index contributed by atoms with van der Waals surface area (Å²) >= 11 is 3.40. The molecule has 0 aliphatic rings. The third-order valence-corrected chi connectivity index (χ3v) is 3.03. The third kappa shape index (κ3) is 3.24. The molecule has 0 bridgehead atoms. The molecule has 0 saturated carbocycles. The predicted molar refractivity (Wildman–Crippen MR) is 71.9 cm³/mol. The van der Waals surface area contributed by atoms with Crippen LogP contribution in [0.15, 0.2) is 18.2 Å². The van der Waals surface area contributed by atoms with Crippen LogP contribution in [0, 0.1) is 17.2 Å². The fourth-order valence-corrected chi connectivity index (χ4v) is 2.08. The van der Waals surface area contributed by atoms with E-state index < -0.39 is 0 Å². The van der Waals surface area contributed by atoms with Gasteiger partial charge in [-0.3, -0.25) is 0 Å². The van der Waals surface area contributed by atoms with Crippen LogP contribution in [0.5, 0.6) is 0 Å². The van der Waals surface area contributed by atoms with Crippen molar-refractivity contribution in [1.29, 1.82) is 5.26 Å². The van der Waals surface area contributed by atoms with E-state index in [0.29, 0.717) is 5.92 Å². The van der Waals surface area contributed by atoms with Crippen LogP contribution >= 0.6 is 15.9 Å². The van der Waals surface area contributed by atoms with Crippen LogP contribution in [-0.2, 0) is 5.33 Å². The van der Waals surface area contributed by atoms with Gasteiger partial charge < -0.3 is 4.90 Å². The first kappa shape index (κ1) is 13.1. The Kier molecular flexibility index (Phi) is 4.82. The molecular formula is C13H17BrN2. The Balaban J connectivity index is 3.00. The highest BCUT2D eigenvalue weighted by molar-refractivity contribution is 9.08. The van der Waals surface area contributed by atoms with Gasteiger partial charge in [0.15, 0.2) is 0 Å². The molecule has 0 atom stereocenters. The molecule has 1 aromatic carbocycles. The third-order valence-electron chi connectivity index (χ3n) is 2.39. The number of hydrogen-bond donors (Lipinski definition) is 0. The average molecular weight is 281 g/mol.